The van der Waals surface area contributed by atoms with Crippen LogP contribution in [0.1, 0.15) is 94.0 Å². The molecule has 6 N–H and O–H groups in total. The first-order valence-corrected chi connectivity index (χ1v) is 22.9. The number of H-pyrrole nitrogens is 1. The fraction of sp³-hybridized carbons (Fsp3) is 0.420. The van der Waals surface area contributed by atoms with Crippen LogP contribution >= 0.6 is 0 Å². The number of amides is 3. The third-order valence-corrected chi connectivity index (χ3v) is 15.4. The van der Waals surface area contributed by atoms with E-state index in [0.29, 0.717) is 68.7 Å². The summed E-state index contributed by atoms with van der Waals surface area (Å²) < 4.78 is 19.6. The number of benzene rings is 4. The quantitative estimate of drug-likeness (QED) is 0.142. The minimum absolute atomic E-state index is 0.00532. The van der Waals surface area contributed by atoms with Gasteiger partial charge in [-0.15, -0.1) is 0 Å². The van der Waals surface area contributed by atoms with Crippen LogP contribution in [0.4, 0.5) is 5.69 Å². The van der Waals surface area contributed by atoms with E-state index in [0.717, 1.165) is 78.2 Å². The summed E-state index contributed by atoms with van der Waals surface area (Å²) in [6.45, 7) is 4.29. The molecule has 12 rings (SSSR count). The van der Waals surface area contributed by atoms with Crippen molar-refractivity contribution < 1.29 is 28.4 Å². The van der Waals surface area contributed by atoms with Gasteiger partial charge in [0.1, 0.15) is 11.4 Å². The lowest BCUT2D eigenvalue weighted by atomic mass is 9.61. The summed E-state index contributed by atoms with van der Waals surface area (Å²) >= 11 is 0. The van der Waals surface area contributed by atoms with Crippen LogP contribution in [0.25, 0.3) is 10.9 Å². The van der Waals surface area contributed by atoms with E-state index in [4.69, 9.17) is 25.5 Å². The Morgan fingerprint density at radius 2 is 1.54 bits per heavy atom. The molecule has 13 heteroatoms. The van der Waals surface area contributed by atoms with Gasteiger partial charge in [0.25, 0.3) is 11.8 Å². The molecular weight excluding hydrogens is 791 g/mol. The van der Waals surface area contributed by atoms with Crippen molar-refractivity contribution in [1.82, 2.24) is 14.8 Å². The Balaban J connectivity index is 0.729. The van der Waals surface area contributed by atoms with E-state index in [2.05, 4.69) is 40.6 Å². The van der Waals surface area contributed by atoms with Gasteiger partial charge in [0, 0.05) is 72.9 Å². The fourth-order valence-corrected chi connectivity index (χ4v) is 11.9. The summed E-state index contributed by atoms with van der Waals surface area (Å²) in [4.78, 5) is 49.0. The van der Waals surface area contributed by atoms with Gasteiger partial charge in [0.15, 0.2) is 0 Å². The molecule has 0 unspecified atom stereocenters. The Bertz CT molecular complexity index is 2580. The first-order valence-electron chi connectivity index (χ1n) is 22.9. The lowest BCUT2D eigenvalue weighted by Gasteiger charge is -2.48. The van der Waals surface area contributed by atoms with Crippen LogP contribution in [-0.4, -0.2) is 84.6 Å². The Labute approximate surface area is 368 Å². The topological polar surface area (TPSA) is 165 Å². The molecule has 5 aromatic rings. The number of nitrogens with two attached hydrogens (primary N) is 2. The number of carbonyl (C=O) groups excluding carboxylic acids is 3. The van der Waals surface area contributed by atoms with E-state index < -0.39 is 7.12 Å². The fourth-order valence-electron chi connectivity index (χ4n) is 11.9. The average Bonchev–Trinajstić information content (AvgIpc) is 4.09. The zero-order valence-corrected chi connectivity index (χ0v) is 35.6. The van der Waals surface area contributed by atoms with Gasteiger partial charge in [-0.3, -0.25) is 14.4 Å². The summed E-state index contributed by atoms with van der Waals surface area (Å²) in [5.74, 6) is 1.24. The summed E-state index contributed by atoms with van der Waals surface area (Å²) in [6, 6.07) is 30.0. The number of hydrogen-bond donors (Lipinski definition) is 4. The predicted molar refractivity (Wildman–Crippen MR) is 242 cm³/mol. The highest BCUT2D eigenvalue weighted by Gasteiger charge is 2.57. The molecular formula is C50H55BN6O6. The first-order chi connectivity index (χ1) is 30.8. The van der Waals surface area contributed by atoms with Crippen LogP contribution < -0.4 is 27.0 Å². The second kappa shape index (κ2) is 16.3. The zero-order valence-electron chi connectivity index (χ0n) is 35.6. The zero-order chi connectivity index (χ0) is 42.8. The van der Waals surface area contributed by atoms with E-state index in [-0.39, 0.29) is 53.1 Å². The summed E-state index contributed by atoms with van der Waals surface area (Å²) in [5.41, 5.74) is 20.0. The van der Waals surface area contributed by atoms with Crippen molar-refractivity contribution in [3.63, 3.8) is 0 Å². The molecule has 3 amide bonds. The molecule has 6 fully saturated rings. The molecule has 5 heterocycles. The van der Waals surface area contributed by atoms with E-state index in [1.807, 2.05) is 70.5 Å². The van der Waals surface area contributed by atoms with E-state index in [1.54, 1.807) is 0 Å². The molecule has 2 bridgehead atoms. The van der Waals surface area contributed by atoms with Crippen molar-refractivity contribution in [3.05, 3.63) is 125 Å². The number of carbonyl (C=O) groups is 3. The number of fused-ring (bicyclic) bond motifs is 5. The standard InChI is InChI=1S/C50H55BN6O6/c52-27-30-4-1-5-33(22-30)32-14-18-56(19-15-32)48(59)35-6-2-7-36(24-35)54-47(58)38-25-34-11-12-37(38)46-45(34)62-51(63-46)41-8-3-9-42-39(41)26-43(55-42)49(60)57-20-16-50(17-21-57)29-61-44-13-10-31(28-53)23-40(44)50/h1-10,13,22-24,26,32,34,37-38,45-46,55H,11-12,14-21,25,27-29,52-53H2,(H,54,58)/t34-,37+,38+,45-,46+/m0/s1. The first kappa shape index (κ1) is 40.3. The van der Waals surface area contributed by atoms with Gasteiger partial charge in [-0.25, -0.2) is 0 Å². The highest BCUT2D eigenvalue weighted by Crippen LogP contribution is 2.51. The van der Waals surface area contributed by atoms with Crippen LogP contribution in [0.3, 0.4) is 0 Å². The maximum absolute atomic E-state index is 14.1. The molecule has 12 nitrogen and oxygen atoms in total. The molecule has 7 aliphatic rings. The summed E-state index contributed by atoms with van der Waals surface area (Å²) in [7, 11) is -0.605. The molecule has 4 aromatic carbocycles. The third kappa shape index (κ3) is 7.23. The highest BCUT2D eigenvalue weighted by molar-refractivity contribution is 6.65. The van der Waals surface area contributed by atoms with Crippen molar-refractivity contribution in [3.8, 4) is 5.75 Å². The minimum Gasteiger partial charge on any atom is -0.492 e. The molecule has 3 saturated heterocycles. The lowest BCUT2D eigenvalue weighted by molar-refractivity contribution is -0.132. The van der Waals surface area contributed by atoms with Gasteiger partial charge < -0.3 is 45.6 Å². The third-order valence-electron chi connectivity index (χ3n) is 15.4. The van der Waals surface area contributed by atoms with Crippen LogP contribution in [0.5, 0.6) is 5.75 Å². The van der Waals surface area contributed by atoms with Crippen molar-refractivity contribution in [2.75, 3.05) is 38.1 Å². The van der Waals surface area contributed by atoms with Crippen LogP contribution in [0.2, 0.25) is 0 Å². The van der Waals surface area contributed by atoms with E-state index in [1.165, 1.54) is 11.1 Å². The molecule has 1 aromatic heterocycles. The summed E-state index contributed by atoms with van der Waals surface area (Å²) in [6.07, 6.45) is 5.75. The predicted octanol–water partition coefficient (Wildman–Crippen LogP) is 5.84. The van der Waals surface area contributed by atoms with Gasteiger partial charge in [-0.05, 0) is 127 Å². The normalized spacial score (nSPS) is 25.0. The molecule has 4 aliphatic heterocycles. The van der Waals surface area contributed by atoms with Crippen LogP contribution in [-0.2, 0) is 32.6 Å². The monoisotopic (exact) mass is 846 g/mol. The number of ether oxygens (including phenoxy) is 1. The number of aromatic nitrogens is 1. The van der Waals surface area contributed by atoms with Gasteiger partial charge in [-0.1, -0.05) is 54.6 Å². The molecule has 63 heavy (non-hydrogen) atoms. The maximum atomic E-state index is 14.1. The molecule has 1 spiro atoms. The number of piperidine rings is 2. The molecule has 5 atom stereocenters. The van der Waals surface area contributed by atoms with Gasteiger partial charge >= 0.3 is 7.12 Å². The number of anilines is 1. The molecule has 3 saturated carbocycles. The number of likely N-dealkylation sites (tertiary alicyclic amines) is 2. The smallest absolute Gasteiger partial charge is 0.492 e. The number of nitrogens with zero attached hydrogens (tertiary/aromatic N) is 2. The Morgan fingerprint density at radius 3 is 2.37 bits per heavy atom. The number of rotatable bonds is 8. The van der Waals surface area contributed by atoms with Gasteiger partial charge in [-0.2, -0.15) is 0 Å². The van der Waals surface area contributed by atoms with E-state index in [9.17, 15) is 14.4 Å². The lowest BCUT2D eigenvalue weighted by Crippen LogP contribution is -2.53. The highest BCUT2D eigenvalue weighted by atomic mass is 16.7. The number of nitrogens with one attached hydrogen (secondary N) is 2. The minimum atomic E-state index is -0.605. The summed E-state index contributed by atoms with van der Waals surface area (Å²) in [5, 5.41) is 4.08. The Kier molecular flexibility index (Phi) is 10.4. The number of hydrogen-bond acceptors (Lipinski definition) is 8. The van der Waals surface area contributed by atoms with Crippen molar-refractivity contribution in [2.45, 2.75) is 81.6 Å². The van der Waals surface area contributed by atoms with E-state index >= 15 is 0 Å². The van der Waals surface area contributed by atoms with Gasteiger partial charge in [0.2, 0.25) is 5.91 Å². The van der Waals surface area contributed by atoms with Crippen molar-refractivity contribution in [2.24, 2.45) is 29.2 Å². The van der Waals surface area contributed by atoms with Crippen molar-refractivity contribution >= 4 is 46.9 Å². The largest absolute Gasteiger partial charge is 0.495 e. The second-order valence-electron chi connectivity index (χ2n) is 18.8. The van der Waals surface area contributed by atoms with Crippen molar-refractivity contribution in [1.29, 1.82) is 0 Å². The Hall–Kier alpha value is -5.47. The van der Waals surface area contributed by atoms with Gasteiger partial charge in [0.05, 0.1) is 18.8 Å². The van der Waals surface area contributed by atoms with Crippen LogP contribution in [0.15, 0.2) is 91.0 Å². The molecule has 3 aliphatic carbocycles. The Morgan fingerprint density at radius 1 is 0.778 bits per heavy atom. The second-order valence-corrected chi connectivity index (χ2v) is 18.8. The maximum Gasteiger partial charge on any atom is 0.495 e. The SMILES string of the molecule is NCc1cccc(C2CCN(C(=O)c3cccc(NC(=O)[C@@H]4C[C@@H]5CC[C@H]4[C@H]4OB(c6cccc7[nH]c(C(=O)N8CCC9(CC8)COc8ccc(CN)cc89)cc67)O[C@@H]54)c3)CC2)c1. The molecule has 324 valence electrons. The number of aromatic amines is 1. The molecule has 0 radical (unpaired) electrons. The van der Waals surface area contributed by atoms with Crippen LogP contribution in [0, 0.1) is 17.8 Å². The average molecular weight is 847 g/mol.